The van der Waals surface area contributed by atoms with Crippen molar-refractivity contribution in [3.63, 3.8) is 0 Å². The third-order valence-corrected chi connectivity index (χ3v) is 4.54. The lowest BCUT2D eigenvalue weighted by molar-refractivity contribution is -0.384. The third kappa shape index (κ3) is 5.43. The van der Waals surface area contributed by atoms with Gasteiger partial charge in [-0.1, -0.05) is 6.92 Å². The summed E-state index contributed by atoms with van der Waals surface area (Å²) < 4.78 is 2.47. The minimum Gasteiger partial charge on any atom is -0.384 e. The molecule has 0 radical (unpaired) electrons. The molecule has 0 spiro atoms. The summed E-state index contributed by atoms with van der Waals surface area (Å²) in [6, 6.07) is 7.73. The zero-order chi connectivity index (χ0) is 20.7. The summed E-state index contributed by atoms with van der Waals surface area (Å²) in [6.45, 7) is 5.70. The van der Waals surface area contributed by atoms with Gasteiger partial charge >= 0.3 is 5.69 Å². The molecule has 2 aromatic rings. The van der Waals surface area contributed by atoms with Crippen LogP contribution in [0.15, 0.2) is 39.9 Å². The summed E-state index contributed by atoms with van der Waals surface area (Å²) in [5.41, 5.74) is 0.187. The maximum absolute atomic E-state index is 11.9. The molecular formula is C18H26N6O4. The molecule has 10 nitrogen and oxygen atoms in total. The molecule has 1 aromatic heterocycles. The van der Waals surface area contributed by atoms with Crippen molar-refractivity contribution in [3.8, 4) is 0 Å². The lowest BCUT2D eigenvalue weighted by atomic mass is 10.3. The largest absolute Gasteiger partial charge is 0.384 e. The first-order valence-electron chi connectivity index (χ1n) is 9.05. The van der Waals surface area contributed by atoms with Crippen molar-refractivity contribution in [2.24, 2.45) is 14.1 Å². The molecule has 0 aliphatic rings. The van der Waals surface area contributed by atoms with Gasteiger partial charge in [-0.25, -0.2) is 4.79 Å². The predicted molar refractivity (Wildman–Crippen MR) is 109 cm³/mol. The molecule has 0 unspecified atom stereocenters. The molecule has 1 heterocycles. The summed E-state index contributed by atoms with van der Waals surface area (Å²) in [5, 5.41) is 17.0. The molecule has 0 saturated heterocycles. The van der Waals surface area contributed by atoms with E-state index >= 15 is 0 Å². The second-order valence-electron chi connectivity index (χ2n) is 6.36. The average Bonchev–Trinajstić information content (AvgIpc) is 2.69. The minimum atomic E-state index is -0.423. The van der Waals surface area contributed by atoms with Gasteiger partial charge in [-0.3, -0.25) is 24.0 Å². The molecule has 0 atom stereocenters. The van der Waals surface area contributed by atoms with Crippen molar-refractivity contribution in [3.05, 3.63) is 61.3 Å². The second kappa shape index (κ2) is 9.70. The number of hydrogen-bond donors (Lipinski definition) is 2. The quantitative estimate of drug-likeness (QED) is 0.456. The van der Waals surface area contributed by atoms with Crippen molar-refractivity contribution in [2.45, 2.75) is 6.92 Å². The van der Waals surface area contributed by atoms with Crippen LogP contribution >= 0.6 is 0 Å². The molecule has 0 fully saturated rings. The lowest BCUT2D eigenvalue weighted by Crippen LogP contribution is -2.38. The van der Waals surface area contributed by atoms with Crippen LogP contribution in [0.2, 0.25) is 0 Å². The van der Waals surface area contributed by atoms with Crippen LogP contribution in [0.1, 0.15) is 6.92 Å². The van der Waals surface area contributed by atoms with E-state index in [0.29, 0.717) is 18.9 Å². The average molecular weight is 390 g/mol. The van der Waals surface area contributed by atoms with E-state index in [1.54, 1.807) is 19.2 Å². The van der Waals surface area contributed by atoms with Crippen LogP contribution in [0.25, 0.3) is 0 Å². The molecule has 28 heavy (non-hydrogen) atoms. The highest BCUT2D eigenvalue weighted by molar-refractivity contribution is 5.48. The van der Waals surface area contributed by atoms with Gasteiger partial charge in [-0.05, 0) is 18.7 Å². The van der Waals surface area contributed by atoms with E-state index < -0.39 is 4.92 Å². The Kier molecular flexibility index (Phi) is 7.33. The maximum atomic E-state index is 11.9. The van der Waals surface area contributed by atoms with Crippen LogP contribution in [0.4, 0.5) is 17.2 Å². The molecule has 0 aliphatic carbocycles. The predicted octanol–water partition coefficient (Wildman–Crippen LogP) is 0.838. The van der Waals surface area contributed by atoms with Gasteiger partial charge in [-0.15, -0.1) is 0 Å². The Morgan fingerprint density at radius 3 is 2.21 bits per heavy atom. The van der Waals surface area contributed by atoms with Crippen molar-refractivity contribution >= 4 is 17.2 Å². The van der Waals surface area contributed by atoms with E-state index in [4.69, 9.17) is 0 Å². The standard InChI is InChI=1S/C18H26N6O4/c1-4-23(11-9-19-14-5-7-15(8-6-14)24(27)28)12-10-20-16-13-17(25)22(3)18(26)21(16)2/h5-8,13,19-20H,4,9-12H2,1-3H3. The number of nitrogens with zero attached hydrogens (tertiary/aromatic N) is 4. The first-order chi connectivity index (χ1) is 13.3. The number of hydrogen-bond acceptors (Lipinski definition) is 7. The van der Waals surface area contributed by atoms with E-state index in [1.807, 2.05) is 0 Å². The Bertz CT molecular complexity index is 919. The van der Waals surface area contributed by atoms with Crippen molar-refractivity contribution in [1.82, 2.24) is 14.0 Å². The molecule has 0 bridgehead atoms. The summed E-state index contributed by atoms with van der Waals surface area (Å²) in [4.78, 5) is 36.1. The van der Waals surface area contributed by atoms with Gasteiger partial charge in [-0.2, -0.15) is 0 Å². The zero-order valence-corrected chi connectivity index (χ0v) is 16.3. The normalized spacial score (nSPS) is 10.9. The van der Waals surface area contributed by atoms with Gasteiger partial charge in [0.1, 0.15) is 5.82 Å². The van der Waals surface area contributed by atoms with Crippen LogP contribution in [0.3, 0.4) is 0 Å². The van der Waals surface area contributed by atoms with Crippen LogP contribution < -0.4 is 21.9 Å². The number of likely N-dealkylation sites (N-methyl/N-ethyl adjacent to an activating group) is 1. The van der Waals surface area contributed by atoms with Gasteiger partial charge in [0.15, 0.2) is 0 Å². The molecule has 10 heteroatoms. The Labute approximate surface area is 162 Å². The van der Waals surface area contributed by atoms with Crippen LogP contribution in [0, 0.1) is 10.1 Å². The van der Waals surface area contributed by atoms with Crippen molar-refractivity contribution < 1.29 is 4.92 Å². The zero-order valence-electron chi connectivity index (χ0n) is 16.3. The highest BCUT2D eigenvalue weighted by Crippen LogP contribution is 2.15. The number of benzene rings is 1. The summed E-state index contributed by atoms with van der Waals surface area (Å²) in [7, 11) is 3.07. The fourth-order valence-electron chi connectivity index (χ4n) is 2.73. The van der Waals surface area contributed by atoms with Gasteiger partial charge < -0.3 is 15.5 Å². The highest BCUT2D eigenvalue weighted by atomic mass is 16.6. The highest BCUT2D eigenvalue weighted by Gasteiger charge is 2.07. The number of nitro benzene ring substituents is 1. The number of rotatable bonds is 10. The first kappa shape index (κ1) is 21.2. The number of nitrogens with one attached hydrogen (secondary N) is 2. The van der Waals surface area contributed by atoms with E-state index in [2.05, 4.69) is 22.5 Å². The van der Waals surface area contributed by atoms with Gasteiger partial charge in [0.2, 0.25) is 0 Å². The first-order valence-corrected chi connectivity index (χ1v) is 9.05. The second-order valence-corrected chi connectivity index (χ2v) is 6.36. The maximum Gasteiger partial charge on any atom is 0.332 e. The van der Waals surface area contributed by atoms with Gasteiger partial charge in [0, 0.05) is 64.2 Å². The Balaban J connectivity index is 1.81. The van der Waals surface area contributed by atoms with Crippen molar-refractivity contribution in [2.75, 3.05) is 43.4 Å². The fraction of sp³-hybridized carbons (Fsp3) is 0.444. The van der Waals surface area contributed by atoms with E-state index in [-0.39, 0.29) is 16.9 Å². The molecule has 1 aromatic carbocycles. The van der Waals surface area contributed by atoms with Crippen LogP contribution in [-0.4, -0.2) is 51.7 Å². The molecular weight excluding hydrogens is 364 g/mol. The Hall–Kier alpha value is -3.14. The molecule has 2 N–H and O–H groups in total. The number of aromatic nitrogens is 2. The molecule has 2 rings (SSSR count). The van der Waals surface area contributed by atoms with Crippen LogP contribution in [-0.2, 0) is 14.1 Å². The van der Waals surface area contributed by atoms with E-state index in [9.17, 15) is 19.7 Å². The van der Waals surface area contributed by atoms with Gasteiger partial charge in [0.25, 0.3) is 11.2 Å². The van der Waals surface area contributed by atoms with Crippen molar-refractivity contribution in [1.29, 1.82) is 0 Å². The van der Waals surface area contributed by atoms with E-state index in [1.165, 1.54) is 29.8 Å². The molecule has 0 aliphatic heterocycles. The fourth-order valence-corrected chi connectivity index (χ4v) is 2.73. The van der Waals surface area contributed by atoms with Gasteiger partial charge in [0.05, 0.1) is 4.92 Å². The Morgan fingerprint density at radius 2 is 1.64 bits per heavy atom. The Morgan fingerprint density at radius 1 is 1.04 bits per heavy atom. The number of non-ortho nitro benzene ring substituents is 1. The lowest BCUT2D eigenvalue weighted by Gasteiger charge is -2.21. The van der Waals surface area contributed by atoms with E-state index in [0.717, 1.165) is 29.9 Å². The SMILES string of the molecule is CCN(CCNc1ccc([N+](=O)[O-])cc1)CCNc1cc(=O)n(C)c(=O)n1C. The molecule has 0 amide bonds. The minimum absolute atomic E-state index is 0.0666. The molecule has 0 saturated carbocycles. The van der Waals surface area contributed by atoms with Crippen LogP contribution in [0.5, 0.6) is 0 Å². The summed E-state index contributed by atoms with van der Waals surface area (Å²) in [5.74, 6) is 0.494. The molecule has 152 valence electrons. The number of nitro groups is 1. The number of anilines is 2. The smallest absolute Gasteiger partial charge is 0.332 e. The summed E-state index contributed by atoms with van der Waals surface area (Å²) >= 11 is 0. The topological polar surface area (TPSA) is 114 Å². The monoisotopic (exact) mass is 390 g/mol. The summed E-state index contributed by atoms with van der Waals surface area (Å²) in [6.07, 6.45) is 0. The third-order valence-electron chi connectivity index (χ3n) is 4.54.